The number of nitrogens with one attached hydrogen (secondary N) is 1. The van der Waals surface area contributed by atoms with Crippen molar-refractivity contribution < 1.29 is 19.0 Å². The Kier molecular flexibility index (Phi) is 5.87. The molecule has 2 heterocycles. The molecule has 170 valence electrons. The van der Waals surface area contributed by atoms with Gasteiger partial charge in [0.2, 0.25) is 0 Å². The van der Waals surface area contributed by atoms with Crippen LogP contribution in [-0.2, 0) is 9.53 Å². The number of benzene rings is 2. The summed E-state index contributed by atoms with van der Waals surface area (Å²) in [6, 6.07) is 14.2. The van der Waals surface area contributed by atoms with Crippen molar-refractivity contribution >= 4 is 17.0 Å². The van der Waals surface area contributed by atoms with Crippen molar-refractivity contribution in [1.82, 2.24) is 19.7 Å². The minimum absolute atomic E-state index is 0.277. The molecule has 33 heavy (non-hydrogen) atoms. The van der Waals surface area contributed by atoms with Gasteiger partial charge in [-0.25, -0.2) is 14.5 Å². The van der Waals surface area contributed by atoms with Crippen molar-refractivity contribution in [2.75, 3.05) is 13.7 Å². The first kappa shape index (κ1) is 22.1. The van der Waals surface area contributed by atoms with E-state index in [1.54, 1.807) is 56.8 Å². The first-order valence-corrected chi connectivity index (χ1v) is 10.4. The van der Waals surface area contributed by atoms with Crippen LogP contribution in [0, 0.1) is 0 Å². The number of hydrogen-bond donors (Lipinski definition) is 1. The number of carbonyl (C=O) groups excluding carboxylic acids is 1. The van der Waals surface area contributed by atoms with E-state index < -0.39 is 11.6 Å². The number of nitrogens with zero attached hydrogens (tertiary/aromatic N) is 3. The minimum atomic E-state index is -1.13. The van der Waals surface area contributed by atoms with Crippen LogP contribution in [0.4, 0.5) is 0 Å². The van der Waals surface area contributed by atoms with Crippen LogP contribution in [0.2, 0.25) is 0 Å². The number of methoxy groups -OCH3 is 1. The lowest BCUT2D eigenvalue weighted by atomic mass is 10.1. The van der Waals surface area contributed by atoms with E-state index in [0.29, 0.717) is 28.2 Å². The van der Waals surface area contributed by atoms with Crippen molar-refractivity contribution in [2.24, 2.45) is 0 Å². The molecule has 9 heteroatoms. The topological polar surface area (TPSA) is 108 Å². The average Bonchev–Trinajstić information content (AvgIpc) is 3.24. The maximum absolute atomic E-state index is 12.7. The van der Waals surface area contributed by atoms with Gasteiger partial charge in [0.15, 0.2) is 11.2 Å². The summed E-state index contributed by atoms with van der Waals surface area (Å²) in [5.41, 5.74) is 0.437. The normalized spacial score (nSPS) is 11.4. The van der Waals surface area contributed by atoms with Crippen molar-refractivity contribution in [3.8, 4) is 28.6 Å². The van der Waals surface area contributed by atoms with E-state index >= 15 is 0 Å². The summed E-state index contributed by atoms with van der Waals surface area (Å²) in [5, 5.41) is 4.71. The summed E-state index contributed by atoms with van der Waals surface area (Å²) in [5.74, 6) is 1.15. The fourth-order valence-corrected chi connectivity index (χ4v) is 3.29. The molecule has 0 aliphatic heterocycles. The molecule has 0 aliphatic carbocycles. The molecule has 0 radical (unpaired) electrons. The second-order valence-electron chi connectivity index (χ2n) is 7.76. The molecule has 0 bridgehead atoms. The molecule has 0 unspecified atom stereocenters. The highest BCUT2D eigenvalue weighted by Gasteiger charge is 2.31. The second kappa shape index (κ2) is 8.78. The molecule has 0 spiro atoms. The molecule has 2 aromatic heterocycles. The van der Waals surface area contributed by atoms with Gasteiger partial charge in [0, 0.05) is 5.56 Å². The van der Waals surface area contributed by atoms with Gasteiger partial charge in [-0.05, 0) is 69.3 Å². The number of aromatic amines is 1. The lowest BCUT2D eigenvalue weighted by Crippen LogP contribution is -2.39. The van der Waals surface area contributed by atoms with Crippen LogP contribution in [0.1, 0.15) is 20.8 Å². The Labute approximate surface area is 189 Å². The third-order valence-electron chi connectivity index (χ3n) is 5.02. The van der Waals surface area contributed by atoms with Gasteiger partial charge in [-0.3, -0.25) is 4.79 Å². The Bertz CT molecular complexity index is 1340. The van der Waals surface area contributed by atoms with Crippen molar-refractivity contribution in [3.63, 3.8) is 0 Å². The van der Waals surface area contributed by atoms with E-state index in [-0.39, 0.29) is 12.2 Å². The molecular formula is C24H24N4O5. The molecule has 0 saturated carbocycles. The Morgan fingerprint density at radius 2 is 1.73 bits per heavy atom. The number of fused-ring (bicyclic) bond motifs is 1. The number of H-pyrrole nitrogens is 1. The second-order valence-corrected chi connectivity index (χ2v) is 7.76. The summed E-state index contributed by atoms with van der Waals surface area (Å²) in [4.78, 5) is 32.2. The van der Waals surface area contributed by atoms with Gasteiger partial charge in [0.1, 0.15) is 22.7 Å². The molecule has 4 rings (SSSR count). The van der Waals surface area contributed by atoms with Gasteiger partial charge in [0.25, 0.3) is 5.56 Å². The van der Waals surface area contributed by atoms with E-state index in [9.17, 15) is 9.59 Å². The number of hydrogen-bond acceptors (Lipinski definition) is 7. The van der Waals surface area contributed by atoms with Crippen LogP contribution in [0.5, 0.6) is 11.5 Å². The molecule has 0 atom stereocenters. The largest absolute Gasteiger partial charge is 0.497 e. The maximum atomic E-state index is 12.7. The molecule has 4 aromatic rings. The van der Waals surface area contributed by atoms with Gasteiger partial charge in [0.05, 0.1) is 25.6 Å². The molecule has 1 N–H and O–H groups in total. The summed E-state index contributed by atoms with van der Waals surface area (Å²) in [6.45, 7) is 5.31. The lowest BCUT2D eigenvalue weighted by Gasteiger charge is -2.24. The summed E-state index contributed by atoms with van der Waals surface area (Å²) >= 11 is 0. The van der Waals surface area contributed by atoms with Gasteiger partial charge in [-0.1, -0.05) is 0 Å². The monoisotopic (exact) mass is 448 g/mol. The van der Waals surface area contributed by atoms with E-state index in [1.165, 1.54) is 6.20 Å². The highest BCUT2D eigenvalue weighted by Crippen LogP contribution is 2.24. The fraction of sp³-hybridized carbons (Fsp3) is 0.250. The quantitative estimate of drug-likeness (QED) is 0.431. The highest BCUT2D eigenvalue weighted by atomic mass is 16.6. The Hall–Kier alpha value is -4.14. The van der Waals surface area contributed by atoms with Gasteiger partial charge >= 0.3 is 5.97 Å². The lowest BCUT2D eigenvalue weighted by molar-refractivity contribution is -0.158. The minimum Gasteiger partial charge on any atom is -0.497 e. The fourth-order valence-electron chi connectivity index (χ4n) is 3.29. The molecule has 9 nitrogen and oxygen atoms in total. The van der Waals surface area contributed by atoms with Crippen molar-refractivity contribution in [2.45, 2.75) is 26.4 Å². The summed E-state index contributed by atoms with van der Waals surface area (Å²) in [7, 11) is 1.60. The predicted molar refractivity (Wildman–Crippen MR) is 123 cm³/mol. The predicted octanol–water partition coefficient (Wildman–Crippen LogP) is 3.50. The van der Waals surface area contributed by atoms with Crippen molar-refractivity contribution in [3.05, 3.63) is 65.1 Å². The van der Waals surface area contributed by atoms with Gasteiger partial charge in [-0.15, -0.1) is 0 Å². The Balaban J connectivity index is 1.66. The Morgan fingerprint density at radius 3 is 2.36 bits per heavy atom. The highest BCUT2D eigenvalue weighted by molar-refractivity contribution is 5.79. The zero-order valence-electron chi connectivity index (χ0n) is 18.8. The average molecular weight is 448 g/mol. The van der Waals surface area contributed by atoms with Crippen LogP contribution in [-0.4, -0.2) is 45.0 Å². The van der Waals surface area contributed by atoms with Gasteiger partial charge in [-0.2, -0.15) is 5.10 Å². The third kappa shape index (κ3) is 4.43. The van der Waals surface area contributed by atoms with Gasteiger partial charge < -0.3 is 19.2 Å². The van der Waals surface area contributed by atoms with Crippen LogP contribution in [0.15, 0.2) is 59.5 Å². The first-order chi connectivity index (χ1) is 15.8. The first-order valence-electron chi connectivity index (χ1n) is 10.4. The van der Waals surface area contributed by atoms with Crippen LogP contribution >= 0.6 is 0 Å². The van der Waals surface area contributed by atoms with E-state index in [4.69, 9.17) is 14.2 Å². The molecule has 0 fully saturated rings. The van der Waals surface area contributed by atoms with Crippen LogP contribution in [0.3, 0.4) is 0 Å². The molecule has 2 aromatic carbocycles. The smallest absolute Gasteiger partial charge is 0.349 e. The zero-order valence-corrected chi connectivity index (χ0v) is 18.8. The molecule has 0 saturated heterocycles. The van der Waals surface area contributed by atoms with E-state index in [2.05, 4.69) is 15.1 Å². The molecule has 0 amide bonds. The van der Waals surface area contributed by atoms with Crippen molar-refractivity contribution in [1.29, 1.82) is 0 Å². The summed E-state index contributed by atoms with van der Waals surface area (Å²) < 4.78 is 17.6. The van der Waals surface area contributed by atoms with Crippen LogP contribution < -0.4 is 15.0 Å². The molecular weight excluding hydrogens is 424 g/mol. The zero-order chi connectivity index (χ0) is 23.6. The number of ether oxygens (including phenoxy) is 3. The number of aromatic nitrogens is 4. The molecule has 0 aliphatic rings. The third-order valence-corrected chi connectivity index (χ3v) is 5.02. The van der Waals surface area contributed by atoms with Crippen LogP contribution in [0.25, 0.3) is 28.1 Å². The number of rotatable bonds is 7. The number of carbonyl (C=O) groups is 1. The number of esters is 1. The standard InChI is InChI=1S/C24H24N4O5/c1-5-32-23(30)24(2,3)33-18-10-6-15(7-11-18)20-26-21-19(22(29)27-20)14-25-28(21)16-8-12-17(31-4)13-9-16/h6-14H,5H2,1-4H3,(H,26,27,29). The maximum Gasteiger partial charge on any atom is 0.349 e. The Morgan fingerprint density at radius 1 is 1.06 bits per heavy atom. The summed E-state index contributed by atoms with van der Waals surface area (Å²) in [6.07, 6.45) is 1.49. The van der Waals surface area contributed by atoms with E-state index in [1.807, 2.05) is 24.3 Å². The SMILES string of the molecule is CCOC(=O)C(C)(C)Oc1ccc(-c2nc3c(cnn3-c3ccc(OC)cc3)c(=O)[nH]2)cc1. The van der Waals surface area contributed by atoms with E-state index in [0.717, 1.165) is 11.4 Å².